The number of halogens is 1. The van der Waals surface area contributed by atoms with Crippen LogP contribution in [0.5, 0.6) is 0 Å². The number of anilines is 2. The molecule has 0 aliphatic rings. The molecule has 4 heterocycles. The highest BCUT2D eigenvalue weighted by molar-refractivity contribution is 9.11. The van der Waals surface area contributed by atoms with Crippen LogP contribution < -0.4 is 22.6 Å². The van der Waals surface area contributed by atoms with Gasteiger partial charge in [0.05, 0.1) is 11.4 Å². The Balaban J connectivity index is 0.000000159. The zero-order valence-electron chi connectivity index (χ0n) is 13.8. The number of thiazole rings is 2. The van der Waals surface area contributed by atoms with E-state index in [1.807, 2.05) is 10.8 Å². The smallest absolute Gasteiger partial charge is 0.280 e. The molecule has 0 radical (unpaired) electrons. The fourth-order valence-corrected chi connectivity index (χ4v) is 3.06. The van der Waals surface area contributed by atoms with E-state index in [2.05, 4.69) is 30.9 Å². The van der Waals surface area contributed by atoms with E-state index in [4.69, 9.17) is 11.5 Å². The van der Waals surface area contributed by atoms with E-state index in [1.165, 1.54) is 15.9 Å². The van der Waals surface area contributed by atoms with Gasteiger partial charge in [-0.05, 0) is 40.2 Å². The average molecular weight is 467 g/mol. The lowest BCUT2D eigenvalue weighted by molar-refractivity contribution is 0.976. The zero-order valence-corrected chi connectivity index (χ0v) is 17.0. The molecule has 140 valence electrons. The van der Waals surface area contributed by atoms with Gasteiger partial charge in [0.2, 0.25) is 0 Å². The Labute approximate surface area is 170 Å². The topological polar surface area (TPSA) is 133 Å². The highest BCUT2D eigenvalue weighted by Crippen LogP contribution is 2.10. The number of rotatable bonds is 1. The normalized spacial score (nSPS) is 9.52. The van der Waals surface area contributed by atoms with Gasteiger partial charge in [-0.2, -0.15) is 0 Å². The Morgan fingerprint density at radius 2 is 1.70 bits per heavy atom. The third-order valence-corrected chi connectivity index (χ3v) is 4.95. The van der Waals surface area contributed by atoms with Gasteiger partial charge in [-0.25, -0.2) is 9.97 Å². The van der Waals surface area contributed by atoms with E-state index in [1.54, 1.807) is 60.4 Å². The van der Waals surface area contributed by atoms with Crippen molar-refractivity contribution in [3.8, 4) is 5.13 Å². The summed E-state index contributed by atoms with van der Waals surface area (Å²) in [7, 11) is 0. The SMILES string of the molecule is Brc1nccs1.Nc1ccc[nH]c1=O.Nc1cccn(-c2nccs2)c1=O. The maximum Gasteiger partial charge on any atom is 0.280 e. The molecule has 11 heteroatoms. The van der Waals surface area contributed by atoms with Crippen LogP contribution in [-0.4, -0.2) is 19.5 Å². The minimum absolute atomic E-state index is 0.225. The summed E-state index contributed by atoms with van der Waals surface area (Å²) in [5, 5.41) is 4.37. The van der Waals surface area contributed by atoms with Gasteiger partial charge < -0.3 is 16.5 Å². The van der Waals surface area contributed by atoms with Crippen LogP contribution in [0.1, 0.15) is 0 Å². The van der Waals surface area contributed by atoms with Crippen molar-refractivity contribution in [3.63, 3.8) is 0 Å². The second-order valence-corrected chi connectivity index (χ2v) is 7.74. The Hall–Kier alpha value is -2.76. The number of nitrogens with two attached hydrogens (primary N) is 2. The molecule has 0 aliphatic heterocycles. The molecule has 0 atom stereocenters. The van der Waals surface area contributed by atoms with E-state index in [0.29, 0.717) is 5.13 Å². The highest BCUT2D eigenvalue weighted by Gasteiger charge is 2.02. The fourth-order valence-electron chi connectivity index (χ4n) is 1.64. The first-order chi connectivity index (χ1) is 13.0. The molecule has 0 unspecified atom stereocenters. The second kappa shape index (κ2) is 10.4. The van der Waals surface area contributed by atoms with E-state index < -0.39 is 0 Å². The monoisotopic (exact) mass is 466 g/mol. The lowest BCUT2D eigenvalue weighted by atomic mass is 10.4. The molecule has 0 aliphatic carbocycles. The number of aromatic amines is 1. The summed E-state index contributed by atoms with van der Waals surface area (Å²) in [6.07, 6.45) is 6.60. The molecule has 0 aromatic carbocycles. The van der Waals surface area contributed by atoms with Crippen LogP contribution in [-0.2, 0) is 0 Å². The van der Waals surface area contributed by atoms with Gasteiger partial charge in [0.1, 0.15) is 0 Å². The molecule has 4 rings (SSSR count). The molecule has 0 amide bonds. The third-order valence-electron chi connectivity index (χ3n) is 2.85. The van der Waals surface area contributed by atoms with E-state index in [9.17, 15) is 9.59 Å². The maximum absolute atomic E-state index is 11.5. The van der Waals surface area contributed by atoms with Crippen LogP contribution in [0.25, 0.3) is 5.13 Å². The van der Waals surface area contributed by atoms with E-state index in [-0.39, 0.29) is 22.5 Å². The van der Waals surface area contributed by atoms with Crippen molar-refractivity contribution in [1.29, 1.82) is 0 Å². The molecular weight excluding hydrogens is 452 g/mol. The summed E-state index contributed by atoms with van der Waals surface area (Å²) in [6, 6.07) is 6.53. The van der Waals surface area contributed by atoms with Crippen molar-refractivity contribution >= 4 is 50.0 Å². The van der Waals surface area contributed by atoms with Crippen LogP contribution in [0, 0.1) is 0 Å². The first-order valence-corrected chi connectivity index (χ1v) is 9.89. The number of hydrogen-bond donors (Lipinski definition) is 3. The van der Waals surface area contributed by atoms with Crippen molar-refractivity contribution in [1.82, 2.24) is 19.5 Å². The van der Waals surface area contributed by atoms with Gasteiger partial charge in [0.15, 0.2) is 9.05 Å². The van der Waals surface area contributed by atoms with Crippen LogP contribution >= 0.6 is 38.6 Å². The Bertz CT molecular complexity index is 1060. The van der Waals surface area contributed by atoms with Crippen LogP contribution in [0.15, 0.2) is 73.3 Å². The molecule has 4 aromatic rings. The van der Waals surface area contributed by atoms with Crippen molar-refractivity contribution < 1.29 is 0 Å². The molecule has 0 saturated heterocycles. The molecule has 8 nitrogen and oxygen atoms in total. The van der Waals surface area contributed by atoms with Crippen LogP contribution in [0.4, 0.5) is 11.4 Å². The van der Waals surface area contributed by atoms with Crippen LogP contribution in [0.2, 0.25) is 0 Å². The maximum atomic E-state index is 11.5. The predicted molar refractivity (Wildman–Crippen MR) is 113 cm³/mol. The first kappa shape index (κ1) is 20.6. The number of H-pyrrole nitrogens is 1. The predicted octanol–water partition coefficient (Wildman–Crippen LogP) is 2.74. The molecule has 0 spiro atoms. The second-order valence-electron chi connectivity index (χ2n) is 4.69. The van der Waals surface area contributed by atoms with Gasteiger partial charge in [0, 0.05) is 35.5 Å². The highest BCUT2D eigenvalue weighted by atomic mass is 79.9. The minimum atomic E-state index is -0.229. The van der Waals surface area contributed by atoms with Crippen molar-refractivity contribution in [2.24, 2.45) is 0 Å². The van der Waals surface area contributed by atoms with E-state index in [0.717, 1.165) is 3.92 Å². The summed E-state index contributed by atoms with van der Waals surface area (Å²) < 4.78 is 2.38. The molecule has 0 fully saturated rings. The average Bonchev–Trinajstić information content (AvgIpc) is 3.35. The van der Waals surface area contributed by atoms with E-state index >= 15 is 0 Å². The quantitative estimate of drug-likeness (QED) is 0.394. The molecule has 27 heavy (non-hydrogen) atoms. The standard InChI is InChI=1S/C8H7N3OS.C5H6N2O.C3H2BrNS/c9-6-2-1-4-11(7(6)12)8-10-3-5-13-8;6-4-2-1-3-7-5(4)8;4-3-5-1-2-6-3/h1-5H,9H2;1-3H,6H2,(H,7,8);1-2H. The summed E-state index contributed by atoms with van der Waals surface area (Å²) in [5.74, 6) is 0. The van der Waals surface area contributed by atoms with Gasteiger partial charge in [-0.15, -0.1) is 22.7 Å². The van der Waals surface area contributed by atoms with Crippen molar-refractivity contribution in [2.45, 2.75) is 0 Å². The summed E-state index contributed by atoms with van der Waals surface area (Å²) in [6.45, 7) is 0. The Morgan fingerprint density at radius 3 is 2.19 bits per heavy atom. The zero-order chi connectivity index (χ0) is 19.6. The number of pyridine rings is 2. The molecule has 4 aromatic heterocycles. The molecule has 0 saturated carbocycles. The van der Waals surface area contributed by atoms with Gasteiger partial charge in [0.25, 0.3) is 11.1 Å². The lowest BCUT2D eigenvalue weighted by Crippen LogP contribution is -2.20. The summed E-state index contributed by atoms with van der Waals surface area (Å²) >= 11 is 6.17. The number of aromatic nitrogens is 4. The van der Waals surface area contributed by atoms with Crippen molar-refractivity contribution in [2.75, 3.05) is 11.5 Å². The minimum Gasteiger partial charge on any atom is -0.394 e. The molecule has 0 bridgehead atoms. The first-order valence-electron chi connectivity index (χ1n) is 7.34. The Kier molecular flexibility index (Phi) is 7.92. The third kappa shape index (κ3) is 6.47. The number of nitrogen functional groups attached to an aromatic ring is 2. The number of hydrogen-bond acceptors (Lipinski definition) is 8. The largest absolute Gasteiger partial charge is 0.394 e. The molecular formula is C16H15BrN6O2S2. The summed E-state index contributed by atoms with van der Waals surface area (Å²) in [5.41, 5.74) is 10.7. The van der Waals surface area contributed by atoms with Crippen molar-refractivity contribution in [3.05, 3.63) is 84.4 Å². The van der Waals surface area contributed by atoms with Gasteiger partial charge in [-0.3, -0.25) is 14.2 Å². The van der Waals surface area contributed by atoms with Gasteiger partial charge in [-0.1, -0.05) is 0 Å². The lowest BCUT2D eigenvalue weighted by Gasteiger charge is -2.00. The number of nitrogens with zero attached hydrogens (tertiary/aromatic N) is 3. The number of nitrogens with one attached hydrogen (secondary N) is 1. The Morgan fingerprint density at radius 1 is 1.00 bits per heavy atom. The summed E-state index contributed by atoms with van der Waals surface area (Å²) in [4.78, 5) is 32.2. The molecule has 5 N–H and O–H groups in total. The van der Waals surface area contributed by atoms with Gasteiger partial charge >= 0.3 is 0 Å². The van der Waals surface area contributed by atoms with Crippen LogP contribution in [0.3, 0.4) is 0 Å². The fraction of sp³-hybridized carbons (Fsp3) is 0.